The maximum Gasteiger partial charge on any atom is 0.443 e. The average molecular weight is 320 g/mol. The first-order valence-electron chi connectivity index (χ1n) is 6.16. The van der Waals surface area contributed by atoms with Crippen LogP contribution in [0.5, 0.6) is 0 Å². The first kappa shape index (κ1) is 15.5. The number of aromatic nitrogens is 1. The molecule has 0 aromatic carbocycles. The van der Waals surface area contributed by atoms with Crippen molar-refractivity contribution in [2.75, 3.05) is 6.54 Å². The van der Waals surface area contributed by atoms with Gasteiger partial charge in [0.15, 0.2) is 5.01 Å². The van der Waals surface area contributed by atoms with Gasteiger partial charge in [0.1, 0.15) is 0 Å². The number of aryl methyl sites for hydroxylation is 2. The zero-order chi connectivity index (χ0) is 14.9. The molecule has 0 aliphatic rings. The third-order valence-electron chi connectivity index (χ3n) is 2.93. The lowest BCUT2D eigenvalue weighted by Gasteiger charge is -2.14. The van der Waals surface area contributed by atoms with Crippen LogP contribution in [0.4, 0.5) is 13.2 Å². The van der Waals surface area contributed by atoms with Gasteiger partial charge in [-0.05, 0) is 32.0 Å². The van der Waals surface area contributed by atoms with Crippen molar-refractivity contribution >= 4 is 22.7 Å². The topological polar surface area (TPSA) is 24.9 Å². The van der Waals surface area contributed by atoms with Crippen molar-refractivity contribution < 1.29 is 13.2 Å². The Morgan fingerprint density at radius 1 is 1.25 bits per heavy atom. The molecular weight excluding hydrogens is 305 g/mol. The van der Waals surface area contributed by atoms with Crippen LogP contribution in [-0.2, 0) is 6.18 Å². The second-order valence-electron chi connectivity index (χ2n) is 4.44. The predicted octanol–water partition coefficient (Wildman–Crippen LogP) is 4.54. The van der Waals surface area contributed by atoms with Gasteiger partial charge in [-0.3, -0.25) is 0 Å². The second-order valence-corrected chi connectivity index (χ2v) is 6.79. The molecule has 2 rings (SSSR count). The molecule has 0 aliphatic heterocycles. The van der Waals surface area contributed by atoms with E-state index >= 15 is 0 Å². The zero-order valence-corrected chi connectivity index (χ0v) is 13.0. The number of hydrogen-bond acceptors (Lipinski definition) is 4. The van der Waals surface area contributed by atoms with Gasteiger partial charge in [-0.15, -0.1) is 22.7 Å². The van der Waals surface area contributed by atoms with Gasteiger partial charge in [0.2, 0.25) is 0 Å². The van der Waals surface area contributed by atoms with E-state index in [1.807, 2.05) is 26.8 Å². The predicted molar refractivity (Wildman–Crippen MR) is 76.4 cm³/mol. The summed E-state index contributed by atoms with van der Waals surface area (Å²) >= 11 is 2.32. The van der Waals surface area contributed by atoms with E-state index in [4.69, 9.17) is 0 Å². The van der Waals surface area contributed by atoms with E-state index in [0.717, 1.165) is 10.4 Å². The minimum absolute atomic E-state index is 0.217. The van der Waals surface area contributed by atoms with E-state index in [1.165, 1.54) is 11.1 Å². The Morgan fingerprint density at radius 2 is 1.95 bits per heavy atom. The summed E-state index contributed by atoms with van der Waals surface area (Å²) < 4.78 is 38.0. The lowest BCUT2D eigenvalue weighted by molar-refractivity contribution is -0.137. The SMILES string of the molecule is CCNC(c1cnc(C(F)(F)F)s1)c1cc(C)c(C)s1. The Kier molecular flexibility index (Phi) is 4.51. The van der Waals surface area contributed by atoms with Crippen molar-refractivity contribution in [1.29, 1.82) is 0 Å². The van der Waals surface area contributed by atoms with Crippen LogP contribution in [0.2, 0.25) is 0 Å². The average Bonchev–Trinajstić information content (AvgIpc) is 2.94. The minimum Gasteiger partial charge on any atom is -0.305 e. The quantitative estimate of drug-likeness (QED) is 0.894. The van der Waals surface area contributed by atoms with Crippen LogP contribution in [0.1, 0.15) is 38.2 Å². The number of rotatable bonds is 4. The van der Waals surface area contributed by atoms with Crippen molar-refractivity contribution in [3.05, 3.63) is 37.5 Å². The molecule has 0 saturated carbocycles. The van der Waals surface area contributed by atoms with Crippen LogP contribution in [0.15, 0.2) is 12.3 Å². The summed E-state index contributed by atoms with van der Waals surface area (Å²) in [4.78, 5) is 6.31. The van der Waals surface area contributed by atoms with E-state index in [2.05, 4.69) is 10.3 Å². The lowest BCUT2D eigenvalue weighted by atomic mass is 10.2. The maximum atomic E-state index is 12.7. The zero-order valence-electron chi connectivity index (χ0n) is 11.3. The Morgan fingerprint density at radius 3 is 2.40 bits per heavy atom. The highest BCUT2D eigenvalue weighted by atomic mass is 32.1. The molecule has 20 heavy (non-hydrogen) atoms. The molecule has 1 unspecified atom stereocenters. The largest absolute Gasteiger partial charge is 0.443 e. The van der Waals surface area contributed by atoms with Crippen molar-refractivity contribution in [1.82, 2.24) is 10.3 Å². The molecule has 0 spiro atoms. The normalized spacial score (nSPS) is 13.7. The molecule has 0 amide bonds. The number of halogens is 3. The smallest absolute Gasteiger partial charge is 0.305 e. The Labute approximate surface area is 123 Å². The molecule has 2 aromatic heterocycles. The Balaban J connectivity index is 2.36. The molecule has 1 atom stereocenters. The van der Waals surface area contributed by atoms with Crippen LogP contribution in [-0.4, -0.2) is 11.5 Å². The summed E-state index contributed by atoms with van der Waals surface area (Å²) in [5, 5.41) is 2.44. The van der Waals surface area contributed by atoms with Crippen LogP contribution in [0.25, 0.3) is 0 Å². The standard InChI is InChI=1S/C13H15F3N2S2/c1-4-17-11(9-5-7(2)8(3)19-9)10-6-18-12(20-10)13(14,15)16/h5-6,11,17H,4H2,1-3H3. The number of thiophene rings is 1. The summed E-state index contributed by atoms with van der Waals surface area (Å²) in [6, 6.07) is 1.81. The molecule has 2 aromatic rings. The van der Waals surface area contributed by atoms with Crippen molar-refractivity contribution in [2.24, 2.45) is 0 Å². The van der Waals surface area contributed by atoms with E-state index in [1.54, 1.807) is 11.3 Å². The highest BCUT2D eigenvalue weighted by Gasteiger charge is 2.35. The van der Waals surface area contributed by atoms with Gasteiger partial charge in [-0.2, -0.15) is 13.2 Å². The molecule has 110 valence electrons. The van der Waals surface area contributed by atoms with Gasteiger partial charge >= 0.3 is 6.18 Å². The molecular formula is C13H15F3N2S2. The fourth-order valence-corrected chi connectivity index (χ4v) is 3.93. The third-order valence-corrected chi connectivity index (χ3v) is 5.25. The monoisotopic (exact) mass is 320 g/mol. The molecule has 0 fully saturated rings. The Bertz CT molecular complexity index is 567. The van der Waals surface area contributed by atoms with Gasteiger partial charge in [-0.25, -0.2) is 4.98 Å². The number of nitrogens with one attached hydrogen (secondary N) is 1. The fourth-order valence-electron chi connectivity index (χ4n) is 1.84. The molecule has 7 heteroatoms. The minimum atomic E-state index is -4.37. The maximum absolute atomic E-state index is 12.7. The molecule has 0 aliphatic carbocycles. The first-order valence-corrected chi connectivity index (χ1v) is 7.79. The summed E-state index contributed by atoms with van der Waals surface area (Å²) in [5.74, 6) is 0. The summed E-state index contributed by atoms with van der Waals surface area (Å²) in [5.41, 5.74) is 1.16. The summed E-state index contributed by atoms with van der Waals surface area (Å²) in [7, 11) is 0. The first-order chi connectivity index (χ1) is 9.32. The van der Waals surface area contributed by atoms with Crippen LogP contribution in [0, 0.1) is 13.8 Å². The van der Waals surface area contributed by atoms with Crippen molar-refractivity contribution in [2.45, 2.75) is 33.0 Å². The molecule has 0 radical (unpaired) electrons. The number of hydrogen-bond donors (Lipinski definition) is 1. The summed E-state index contributed by atoms with van der Waals surface area (Å²) in [6.07, 6.45) is -3.05. The fraction of sp³-hybridized carbons (Fsp3) is 0.462. The molecule has 0 bridgehead atoms. The van der Waals surface area contributed by atoms with Gasteiger partial charge in [0.25, 0.3) is 0 Å². The van der Waals surface area contributed by atoms with Gasteiger partial charge < -0.3 is 5.32 Å². The van der Waals surface area contributed by atoms with Crippen LogP contribution in [0.3, 0.4) is 0 Å². The molecule has 0 saturated heterocycles. The highest BCUT2D eigenvalue weighted by Crippen LogP contribution is 2.38. The lowest BCUT2D eigenvalue weighted by Crippen LogP contribution is -2.20. The summed E-state index contributed by atoms with van der Waals surface area (Å²) in [6.45, 7) is 6.64. The van der Waals surface area contributed by atoms with E-state index in [9.17, 15) is 13.2 Å². The van der Waals surface area contributed by atoms with Gasteiger partial charge in [0.05, 0.1) is 6.04 Å². The third kappa shape index (κ3) is 3.21. The van der Waals surface area contributed by atoms with Crippen LogP contribution >= 0.6 is 22.7 Å². The van der Waals surface area contributed by atoms with E-state index in [0.29, 0.717) is 22.8 Å². The number of nitrogens with zero attached hydrogens (tertiary/aromatic N) is 1. The number of thiazole rings is 1. The van der Waals surface area contributed by atoms with Gasteiger partial charge in [0, 0.05) is 20.8 Å². The molecule has 1 N–H and O–H groups in total. The highest BCUT2D eigenvalue weighted by molar-refractivity contribution is 7.13. The van der Waals surface area contributed by atoms with Crippen molar-refractivity contribution in [3.8, 4) is 0 Å². The number of alkyl halides is 3. The van der Waals surface area contributed by atoms with E-state index < -0.39 is 11.2 Å². The Hall–Kier alpha value is -0.920. The molecule has 2 nitrogen and oxygen atoms in total. The van der Waals surface area contributed by atoms with Gasteiger partial charge in [-0.1, -0.05) is 6.92 Å². The second kappa shape index (κ2) is 5.83. The van der Waals surface area contributed by atoms with Crippen molar-refractivity contribution in [3.63, 3.8) is 0 Å². The molecule has 2 heterocycles. The van der Waals surface area contributed by atoms with Crippen LogP contribution < -0.4 is 5.32 Å². The van der Waals surface area contributed by atoms with E-state index in [-0.39, 0.29) is 6.04 Å².